The summed E-state index contributed by atoms with van der Waals surface area (Å²) in [5, 5.41) is 14.4. The van der Waals surface area contributed by atoms with Crippen molar-refractivity contribution in [1.29, 1.82) is 0 Å². The van der Waals surface area contributed by atoms with Gasteiger partial charge in [-0.25, -0.2) is 13.4 Å². The van der Waals surface area contributed by atoms with Gasteiger partial charge in [-0.05, 0) is 55.8 Å². The Bertz CT molecular complexity index is 1300. The van der Waals surface area contributed by atoms with Crippen molar-refractivity contribution in [3.8, 4) is 0 Å². The number of aromatic nitrogens is 1. The molecular formula is C23H25N5O5S. The normalized spacial score (nSPS) is 11.0. The van der Waals surface area contributed by atoms with Crippen LogP contribution in [0.1, 0.15) is 12.5 Å². The molecule has 0 unspecified atom stereocenters. The van der Waals surface area contributed by atoms with E-state index in [1.165, 1.54) is 28.4 Å². The molecule has 178 valence electrons. The highest BCUT2D eigenvalue weighted by Gasteiger charge is 2.28. The second kappa shape index (κ2) is 10.3. The van der Waals surface area contributed by atoms with Crippen molar-refractivity contribution in [3.63, 3.8) is 0 Å². The predicted octanol–water partition coefficient (Wildman–Crippen LogP) is 3.59. The summed E-state index contributed by atoms with van der Waals surface area (Å²) in [6, 6.07) is 15.7. The van der Waals surface area contributed by atoms with Crippen molar-refractivity contribution < 1.29 is 18.1 Å². The van der Waals surface area contributed by atoms with Crippen LogP contribution in [0.15, 0.2) is 71.8 Å². The third kappa shape index (κ3) is 5.49. The van der Waals surface area contributed by atoms with Crippen LogP contribution >= 0.6 is 0 Å². The first-order valence-corrected chi connectivity index (χ1v) is 11.9. The Balaban J connectivity index is 1.87. The predicted molar refractivity (Wildman–Crippen MR) is 131 cm³/mol. The Morgan fingerprint density at radius 3 is 2.44 bits per heavy atom. The van der Waals surface area contributed by atoms with Crippen LogP contribution in [-0.2, 0) is 14.8 Å². The third-order valence-electron chi connectivity index (χ3n) is 5.04. The number of benzene rings is 2. The topological polar surface area (TPSA) is 126 Å². The van der Waals surface area contributed by atoms with Crippen molar-refractivity contribution in [2.24, 2.45) is 0 Å². The minimum Gasteiger partial charge on any atom is -0.360 e. The van der Waals surface area contributed by atoms with Gasteiger partial charge >= 0.3 is 0 Å². The van der Waals surface area contributed by atoms with Gasteiger partial charge in [-0.2, -0.15) is 0 Å². The molecule has 3 rings (SSSR count). The Morgan fingerprint density at radius 2 is 1.82 bits per heavy atom. The van der Waals surface area contributed by atoms with Gasteiger partial charge < -0.3 is 10.2 Å². The molecule has 0 aliphatic carbocycles. The molecule has 0 bridgehead atoms. The average Bonchev–Trinajstić information content (AvgIpc) is 2.79. The first-order valence-electron chi connectivity index (χ1n) is 10.4. The van der Waals surface area contributed by atoms with Gasteiger partial charge in [-0.1, -0.05) is 18.2 Å². The van der Waals surface area contributed by atoms with E-state index in [0.29, 0.717) is 11.5 Å². The van der Waals surface area contributed by atoms with Crippen LogP contribution in [0.25, 0.3) is 0 Å². The number of likely N-dealkylation sites (N-methyl/N-ethyl adjacent to an activating group) is 1. The number of hydrogen-bond acceptors (Lipinski definition) is 7. The minimum atomic E-state index is -4.05. The highest BCUT2D eigenvalue weighted by molar-refractivity contribution is 7.92. The van der Waals surface area contributed by atoms with Gasteiger partial charge in [0.1, 0.15) is 11.5 Å². The number of anilines is 3. The molecule has 0 saturated carbocycles. The first kappa shape index (κ1) is 24.6. The highest BCUT2D eigenvalue weighted by atomic mass is 32.2. The van der Waals surface area contributed by atoms with Crippen LogP contribution in [0.4, 0.5) is 22.9 Å². The number of aryl methyl sites for hydroxylation is 1. The number of nitro benzene ring substituents is 1. The fourth-order valence-corrected chi connectivity index (χ4v) is 4.93. The Kier molecular flexibility index (Phi) is 7.47. The maximum atomic E-state index is 13.2. The van der Waals surface area contributed by atoms with Crippen molar-refractivity contribution >= 4 is 38.8 Å². The van der Waals surface area contributed by atoms with E-state index in [0.717, 1.165) is 11.6 Å². The average molecular weight is 484 g/mol. The van der Waals surface area contributed by atoms with Crippen LogP contribution < -0.4 is 14.5 Å². The number of sulfonamides is 1. The van der Waals surface area contributed by atoms with Crippen molar-refractivity contribution in [2.45, 2.75) is 18.7 Å². The number of amides is 1. The smallest absolute Gasteiger partial charge is 0.293 e. The lowest BCUT2D eigenvalue weighted by Crippen LogP contribution is -2.32. The second-order valence-electron chi connectivity index (χ2n) is 7.54. The van der Waals surface area contributed by atoms with E-state index >= 15 is 0 Å². The molecule has 11 heteroatoms. The molecule has 0 spiro atoms. The SMILES string of the molecule is CCN(c1ccccc1)S(=O)(=O)c1ccc(N(C)CC(=O)Nc2cc(C)ccn2)c([N+](=O)[O-])c1. The molecule has 34 heavy (non-hydrogen) atoms. The number of hydrogen-bond donors (Lipinski definition) is 1. The summed E-state index contributed by atoms with van der Waals surface area (Å²) in [7, 11) is -2.53. The number of nitrogens with one attached hydrogen (secondary N) is 1. The molecule has 0 radical (unpaired) electrons. The van der Waals surface area contributed by atoms with Crippen molar-refractivity contribution in [3.05, 3.63) is 82.5 Å². The number of pyridine rings is 1. The zero-order valence-corrected chi connectivity index (χ0v) is 19.8. The van der Waals surface area contributed by atoms with E-state index < -0.39 is 26.5 Å². The fraction of sp³-hybridized carbons (Fsp3) is 0.217. The molecule has 1 aromatic heterocycles. The number of carbonyl (C=O) groups is 1. The lowest BCUT2D eigenvalue weighted by molar-refractivity contribution is -0.384. The Hall–Kier alpha value is -3.99. The Morgan fingerprint density at radius 1 is 1.12 bits per heavy atom. The zero-order chi connectivity index (χ0) is 24.9. The summed E-state index contributed by atoms with van der Waals surface area (Å²) in [6.07, 6.45) is 1.56. The summed E-state index contributed by atoms with van der Waals surface area (Å²) in [4.78, 5) is 28.8. The van der Waals surface area contributed by atoms with E-state index in [1.807, 2.05) is 6.92 Å². The van der Waals surface area contributed by atoms with Crippen LogP contribution in [0.5, 0.6) is 0 Å². The van der Waals surface area contributed by atoms with Gasteiger partial charge in [0, 0.05) is 25.9 Å². The van der Waals surface area contributed by atoms with E-state index in [2.05, 4.69) is 10.3 Å². The molecule has 0 aliphatic rings. The second-order valence-corrected chi connectivity index (χ2v) is 9.40. The highest BCUT2D eigenvalue weighted by Crippen LogP contribution is 2.32. The number of carbonyl (C=O) groups excluding carboxylic acids is 1. The molecule has 1 amide bonds. The van der Waals surface area contributed by atoms with Crippen LogP contribution in [-0.4, -0.2) is 44.4 Å². The number of nitrogens with zero attached hydrogens (tertiary/aromatic N) is 4. The zero-order valence-electron chi connectivity index (χ0n) is 19.0. The summed E-state index contributed by atoms with van der Waals surface area (Å²) in [5.41, 5.74) is 1.06. The van der Waals surface area contributed by atoms with E-state index in [-0.39, 0.29) is 23.7 Å². The summed E-state index contributed by atoms with van der Waals surface area (Å²) < 4.78 is 27.7. The monoisotopic (exact) mass is 483 g/mol. The maximum Gasteiger partial charge on any atom is 0.293 e. The van der Waals surface area contributed by atoms with Crippen molar-refractivity contribution in [1.82, 2.24) is 4.98 Å². The summed E-state index contributed by atoms with van der Waals surface area (Å²) in [5.74, 6) is -0.0530. The minimum absolute atomic E-state index is 0.110. The number of nitro groups is 1. The fourth-order valence-electron chi connectivity index (χ4n) is 3.43. The lowest BCUT2D eigenvalue weighted by Gasteiger charge is -2.24. The summed E-state index contributed by atoms with van der Waals surface area (Å²) >= 11 is 0. The van der Waals surface area contributed by atoms with E-state index in [1.54, 1.807) is 55.6 Å². The quantitative estimate of drug-likeness (QED) is 0.364. The van der Waals surface area contributed by atoms with Gasteiger partial charge in [0.25, 0.3) is 15.7 Å². The van der Waals surface area contributed by atoms with Gasteiger partial charge in [-0.3, -0.25) is 19.2 Å². The maximum absolute atomic E-state index is 13.2. The molecular weight excluding hydrogens is 458 g/mol. The van der Waals surface area contributed by atoms with Crippen LogP contribution in [0.3, 0.4) is 0 Å². The van der Waals surface area contributed by atoms with Gasteiger partial charge in [0.2, 0.25) is 5.91 Å². The van der Waals surface area contributed by atoms with E-state index in [9.17, 15) is 23.3 Å². The molecule has 2 aromatic carbocycles. The molecule has 10 nitrogen and oxygen atoms in total. The van der Waals surface area contributed by atoms with Crippen LogP contribution in [0, 0.1) is 17.0 Å². The molecule has 0 fully saturated rings. The molecule has 1 N–H and O–H groups in total. The lowest BCUT2D eigenvalue weighted by atomic mass is 10.2. The van der Waals surface area contributed by atoms with Gasteiger partial charge in [0.15, 0.2) is 0 Å². The molecule has 0 aliphatic heterocycles. The van der Waals surface area contributed by atoms with Gasteiger partial charge in [-0.15, -0.1) is 0 Å². The molecule has 1 heterocycles. The van der Waals surface area contributed by atoms with Crippen LogP contribution in [0.2, 0.25) is 0 Å². The number of rotatable bonds is 9. The first-order chi connectivity index (χ1) is 16.1. The molecule has 3 aromatic rings. The standard InChI is InChI=1S/C23H25N5O5S/c1-4-27(18-8-6-5-7-9-18)34(32,33)19-10-11-20(21(15-19)28(30)31)26(3)16-23(29)25-22-14-17(2)12-13-24-22/h5-15H,4,16H2,1-3H3,(H,24,25,29). The molecule has 0 atom stereocenters. The van der Waals surface area contributed by atoms with Crippen molar-refractivity contribution in [2.75, 3.05) is 34.7 Å². The van der Waals surface area contributed by atoms with Gasteiger partial charge in [0.05, 0.1) is 22.1 Å². The summed E-state index contributed by atoms with van der Waals surface area (Å²) in [6.45, 7) is 3.49. The third-order valence-corrected chi connectivity index (χ3v) is 6.94. The molecule has 0 saturated heterocycles. The van der Waals surface area contributed by atoms with E-state index in [4.69, 9.17) is 0 Å². The largest absolute Gasteiger partial charge is 0.360 e. The number of para-hydroxylation sites is 1. The Labute approximate surface area is 198 Å².